The van der Waals surface area contributed by atoms with E-state index >= 15 is 0 Å². The molecule has 8 heteroatoms. The van der Waals surface area contributed by atoms with E-state index in [4.69, 9.17) is 4.98 Å². The molecule has 0 saturated carbocycles. The van der Waals surface area contributed by atoms with Crippen molar-refractivity contribution < 1.29 is 4.79 Å². The van der Waals surface area contributed by atoms with E-state index in [1.807, 2.05) is 41.4 Å². The Morgan fingerprint density at radius 3 is 2.54 bits per heavy atom. The molecule has 0 atom stereocenters. The smallest absolute Gasteiger partial charge is 0.253 e. The van der Waals surface area contributed by atoms with Gasteiger partial charge in [-0.05, 0) is 44.2 Å². The van der Waals surface area contributed by atoms with Crippen molar-refractivity contribution in [2.75, 3.05) is 51.2 Å². The van der Waals surface area contributed by atoms with E-state index in [1.54, 1.807) is 12.5 Å². The summed E-state index contributed by atoms with van der Waals surface area (Å²) in [6.07, 6.45) is 7.12. The van der Waals surface area contributed by atoms with Gasteiger partial charge in [0.05, 0.1) is 28.6 Å². The molecule has 3 aromatic heterocycles. The lowest BCUT2D eigenvalue weighted by Gasteiger charge is -2.34. The highest BCUT2D eigenvalue weighted by Crippen LogP contribution is 2.32. The zero-order valence-electron chi connectivity index (χ0n) is 20.0. The lowest BCUT2D eigenvalue weighted by atomic mass is 9.92. The molecule has 2 fully saturated rings. The molecule has 35 heavy (non-hydrogen) atoms. The maximum atomic E-state index is 13.2. The summed E-state index contributed by atoms with van der Waals surface area (Å²) in [5, 5.41) is 1.04. The molecule has 1 amide bonds. The van der Waals surface area contributed by atoms with Crippen molar-refractivity contribution in [2.24, 2.45) is 0 Å². The van der Waals surface area contributed by atoms with Gasteiger partial charge in [-0.25, -0.2) is 9.97 Å². The van der Waals surface area contributed by atoms with E-state index < -0.39 is 0 Å². The van der Waals surface area contributed by atoms with Crippen LogP contribution in [0.5, 0.6) is 0 Å². The molecule has 178 valence electrons. The first kappa shape index (κ1) is 21.9. The second-order valence-corrected chi connectivity index (χ2v) is 9.59. The number of carbonyl (C=O) groups excluding carboxylic acids is 1. The second-order valence-electron chi connectivity index (χ2n) is 9.59. The number of aromatic nitrogens is 4. The molecule has 0 spiro atoms. The predicted molar refractivity (Wildman–Crippen MR) is 137 cm³/mol. The first-order valence-electron chi connectivity index (χ1n) is 12.3. The quantitative estimate of drug-likeness (QED) is 0.457. The molecular weight excluding hydrogens is 438 g/mol. The number of carbonyl (C=O) groups is 1. The number of anilines is 1. The van der Waals surface area contributed by atoms with Crippen LogP contribution in [0.2, 0.25) is 0 Å². The number of nitrogens with zero attached hydrogens (tertiary/aromatic N) is 7. The highest BCUT2D eigenvalue weighted by atomic mass is 16.2. The number of pyridine rings is 2. The maximum Gasteiger partial charge on any atom is 0.253 e. The van der Waals surface area contributed by atoms with Gasteiger partial charge in [-0.15, -0.1) is 0 Å². The summed E-state index contributed by atoms with van der Waals surface area (Å²) in [6.45, 7) is 5.52. The van der Waals surface area contributed by atoms with Gasteiger partial charge in [0.25, 0.3) is 5.91 Å². The van der Waals surface area contributed by atoms with Crippen LogP contribution >= 0.6 is 0 Å². The molecule has 0 N–H and O–H groups in total. The number of fused-ring (bicyclic) bond motifs is 2. The molecule has 0 unspecified atom stereocenters. The van der Waals surface area contributed by atoms with Gasteiger partial charge in [0.2, 0.25) is 0 Å². The molecule has 6 rings (SSSR count). The predicted octanol–water partition coefficient (Wildman–Crippen LogP) is 3.34. The minimum Gasteiger partial charge on any atom is -0.368 e. The van der Waals surface area contributed by atoms with Gasteiger partial charge in [-0.2, -0.15) is 0 Å². The summed E-state index contributed by atoms with van der Waals surface area (Å²) in [4.78, 5) is 38.2. The Bertz CT molecular complexity index is 1370. The molecule has 2 saturated heterocycles. The first-order chi connectivity index (χ1) is 17.2. The van der Waals surface area contributed by atoms with E-state index in [-0.39, 0.29) is 11.8 Å². The number of likely N-dealkylation sites (tertiary alicyclic amines) is 1. The lowest BCUT2D eigenvalue weighted by molar-refractivity contribution is 0.0712. The standard InChI is InChI=1S/C27H29N7O/c1-32-11-13-33(14-12-32)22-16-24-26(29-17-22)25(31-18-30-24)20-6-9-34(10-7-20)27(35)21-5-4-19-3-2-8-28-23(19)15-21/h2-5,8,15-18,20H,6-7,9-14H2,1H3. The van der Waals surface area contributed by atoms with Crippen LogP contribution in [0.3, 0.4) is 0 Å². The Balaban J connectivity index is 1.17. The number of piperazine rings is 1. The number of rotatable bonds is 3. The molecule has 4 aromatic rings. The van der Waals surface area contributed by atoms with Crippen molar-refractivity contribution in [1.82, 2.24) is 29.7 Å². The van der Waals surface area contributed by atoms with E-state index in [0.717, 1.165) is 72.3 Å². The second kappa shape index (κ2) is 9.19. The Kier molecular flexibility index (Phi) is 5.74. The average molecular weight is 468 g/mol. The van der Waals surface area contributed by atoms with Gasteiger partial charge in [-0.1, -0.05) is 12.1 Å². The highest BCUT2D eigenvalue weighted by Gasteiger charge is 2.27. The summed E-state index contributed by atoms with van der Waals surface area (Å²) >= 11 is 0. The first-order valence-corrected chi connectivity index (χ1v) is 12.3. The number of benzene rings is 1. The van der Waals surface area contributed by atoms with Gasteiger partial charge in [0, 0.05) is 62.3 Å². The molecule has 2 aliphatic heterocycles. The monoisotopic (exact) mass is 467 g/mol. The van der Waals surface area contributed by atoms with Crippen LogP contribution in [-0.4, -0.2) is 82.0 Å². The molecule has 0 bridgehead atoms. The van der Waals surface area contributed by atoms with Gasteiger partial charge >= 0.3 is 0 Å². The van der Waals surface area contributed by atoms with Crippen molar-refractivity contribution >= 4 is 33.5 Å². The number of amides is 1. The van der Waals surface area contributed by atoms with E-state index in [0.29, 0.717) is 18.7 Å². The van der Waals surface area contributed by atoms with Crippen LogP contribution in [0.4, 0.5) is 5.69 Å². The van der Waals surface area contributed by atoms with Crippen LogP contribution in [-0.2, 0) is 0 Å². The third kappa shape index (κ3) is 4.30. The minimum absolute atomic E-state index is 0.0680. The summed E-state index contributed by atoms with van der Waals surface area (Å²) in [7, 11) is 2.16. The SMILES string of the molecule is CN1CCN(c2cnc3c(C4CCN(C(=O)c5ccc6cccnc6c5)CC4)ncnc3c2)CC1. The van der Waals surface area contributed by atoms with Crippen LogP contribution in [0.15, 0.2) is 55.1 Å². The van der Waals surface area contributed by atoms with Crippen molar-refractivity contribution in [2.45, 2.75) is 18.8 Å². The third-order valence-electron chi connectivity index (χ3n) is 7.38. The molecule has 5 heterocycles. The van der Waals surface area contributed by atoms with E-state index in [1.165, 1.54) is 0 Å². The lowest BCUT2D eigenvalue weighted by Crippen LogP contribution is -2.44. The highest BCUT2D eigenvalue weighted by molar-refractivity contribution is 5.97. The maximum absolute atomic E-state index is 13.2. The fraction of sp³-hybridized carbons (Fsp3) is 0.370. The average Bonchev–Trinajstić information content (AvgIpc) is 2.92. The van der Waals surface area contributed by atoms with E-state index in [2.05, 4.69) is 37.9 Å². The molecular formula is C27H29N7O. The summed E-state index contributed by atoms with van der Waals surface area (Å²) in [6, 6.07) is 11.8. The summed E-state index contributed by atoms with van der Waals surface area (Å²) < 4.78 is 0. The zero-order valence-corrected chi connectivity index (χ0v) is 20.0. The Morgan fingerprint density at radius 1 is 0.886 bits per heavy atom. The van der Waals surface area contributed by atoms with Crippen molar-refractivity contribution in [3.8, 4) is 0 Å². The van der Waals surface area contributed by atoms with Gasteiger partial charge < -0.3 is 14.7 Å². The van der Waals surface area contributed by atoms with Crippen molar-refractivity contribution in [1.29, 1.82) is 0 Å². The van der Waals surface area contributed by atoms with Gasteiger partial charge in [0.15, 0.2) is 0 Å². The van der Waals surface area contributed by atoms with Crippen LogP contribution < -0.4 is 4.90 Å². The van der Waals surface area contributed by atoms with Crippen LogP contribution in [0.25, 0.3) is 21.9 Å². The molecule has 2 aliphatic rings. The number of hydrogen-bond acceptors (Lipinski definition) is 7. The van der Waals surface area contributed by atoms with E-state index in [9.17, 15) is 4.79 Å². The minimum atomic E-state index is 0.0680. The Labute approximate surface area is 204 Å². The van der Waals surface area contributed by atoms with Gasteiger partial charge in [0.1, 0.15) is 11.8 Å². The third-order valence-corrected chi connectivity index (χ3v) is 7.38. The fourth-order valence-corrected chi connectivity index (χ4v) is 5.23. The van der Waals surface area contributed by atoms with Crippen LogP contribution in [0.1, 0.15) is 34.8 Å². The fourth-order valence-electron chi connectivity index (χ4n) is 5.23. The molecule has 8 nitrogen and oxygen atoms in total. The molecule has 0 radical (unpaired) electrons. The molecule has 0 aliphatic carbocycles. The molecule has 1 aromatic carbocycles. The van der Waals surface area contributed by atoms with Crippen molar-refractivity contribution in [3.63, 3.8) is 0 Å². The summed E-state index contributed by atoms with van der Waals surface area (Å²) in [5.41, 5.74) is 5.45. The largest absolute Gasteiger partial charge is 0.368 e. The Morgan fingerprint density at radius 2 is 1.71 bits per heavy atom. The normalized spacial score (nSPS) is 17.9. The van der Waals surface area contributed by atoms with Gasteiger partial charge in [-0.3, -0.25) is 14.8 Å². The van der Waals surface area contributed by atoms with Crippen molar-refractivity contribution in [3.05, 3.63) is 66.4 Å². The number of likely N-dealkylation sites (N-methyl/N-ethyl adjacent to an activating group) is 1. The Hall–Kier alpha value is -3.65. The number of piperidine rings is 1. The topological polar surface area (TPSA) is 78.4 Å². The van der Waals surface area contributed by atoms with Crippen LogP contribution in [0, 0.1) is 0 Å². The zero-order chi connectivity index (χ0) is 23.8. The number of hydrogen-bond donors (Lipinski definition) is 0. The summed E-state index contributed by atoms with van der Waals surface area (Å²) in [5.74, 6) is 0.336.